The maximum absolute atomic E-state index is 11.9. The summed E-state index contributed by atoms with van der Waals surface area (Å²) >= 11 is 0. The molecule has 0 spiro atoms. The minimum absolute atomic E-state index is 0.000679. The lowest BCUT2D eigenvalue weighted by atomic mass is 10.0. The van der Waals surface area contributed by atoms with E-state index in [9.17, 15) is 9.59 Å². The molecule has 1 aliphatic carbocycles. The molecule has 1 atom stereocenters. The molecule has 0 aromatic carbocycles. The molecule has 9 nitrogen and oxygen atoms in total. The summed E-state index contributed by atoms with van der Waals surface area (Å²) in [4.78, 5) is 23.6. The van der Waals surface area contributed by atoms with Crippen LogP contribution in [0.4, 0.5) is 4.79 Å². The second-order valence-corrected chi connectivity index (χ2v) is 8.90. The van der Waals surface area contributed by atoms with Crippen LogP contribution >= 0.6 is 0 Å². The van der Waals surface area contributed by atoms with Crippen LogP contribution in [0.25, 0.3) is 0 Å². The van der Waals surface area contributed by atoms with Gasteiger partial charge in [0.25, 0.3) is 0 Å². The van der Waals surface area contributed by atoms with Crippen LogP contribution in [0, 0.1) is 0 Å². The third kappa shape index (κ3) is 21.6. The van der Waals surface area contributed by atoms with Crippen LogP contribution in [0.5, 0.6) is 0 Å². The number of hydrogen-bond acceptors (Lipinski definition) is 7. The quantitative estimate of drug-likeness (QED) is 0.165. The molecule has 0 fully saturated rings. The Hall–Kier alpha value is -1.68. The zero-order valence-electron chi connectivity index (χ0n) is 22.4. The predicted octanol–water partition coefficient (Wildman–Crippen LogP) is 4.14. The first kappa shape index (κ1) is 32.3. The lowest BCUT2D eigenvalue weighted by Crippen LogP contribution is -2.31. The van der Waals surface area contributed by atoms with Gasteiger partial charge in [-0.05, 0) is 38.5 Å². The highest BCUT2D eigenvalue weighted by atomic mass is 16.6. The van der Waals surface area contributed by atoms with Crippen LogP contribution in [0.15, 0.2) is 12.2 Å². The van der Waals surface area contributed by atoms with E-state index in [0.29, 0.717) is 65.8 Å². The van der Waals surface area contributed by atoms with Gasteiger partial charge in [0.15, 0.2) is 0 Å². The standard InChI is InChI=1S/C27H50N2O7/c1-2-3-4-8-11-15-28-26(30)14-17-32-19-21-34-23-24-35-22-20-33-18-16-29-27(31)36-25-12-9-6-5-7-10-13-25/h5-6,25H,2-4,7-24H2,1H3,(H,28,30)(H,29,31)/b6-5+. The van der Waals surface area contributed by atoms with E-state index in [2.05, 4.69) is 29.7 Å². The number of rotatable bonds is 22. The molecule has 0 radical (unpaired) electrons. The monoisotopic (exact) mass is 514 g/mol. The lowest BCUT2D eigenvalue weighted by Gasteiger charge is -2.18. The fraction of sp³-hybridized carbons (Fsp3) is 0.852. The van der Waals surface area contributed by atoms with E-state index >= 15 is 0 Å². The summed E-state index contributed by atoms with van der Waals surface area (Å²) in [7, 11) is 0. The first-order valence-electron chi connectivity index (χ1n) is 13.9. The van der Waals surface area contributed by atoms with E-state index in [1.165, 1.54) is 25.7 Å². The molecule has 0 aliphatic heterocycles. The van der Waals surface area contributed by atoms with Gasteiger partial charge < -0.3 is 34.3 Å². The zero-order chi connectivity index (χ0) is 25.9. The van der Waals surface area contributed by atoms with Gasteiger partial charge in [-0.1, -0.05) is 44.8 Å². The van der Waals surface area contributed by atoms with Crippen LogP contribution in [0.2, 0.25) is 0 Å². The molecular formula is C27H50N2O7. The van der Waals surface area contributed by atoms with Gasteiger partial charge in [0.1, 0.15) is 6.10 Å². The van der Waals surface area contributed by atoms with Crippen LogP contribution in [0.3, 0.4) is 0 Å². The molecule has 0 saturated carbocycles. The van der Waals surface area contributed by atoms with Crippen molar-refractivity contribution < 1.29 is 33.3 Å². The molecule has 0 aromatic rings. The SMILES string of the molecule is CCCCCCCNC(=O)CCOCCOCCOCCOCCNC(=O)OC1CC/C=C/CCC1. The number of carbonyl (C=O) groups excluding carboxylic acids is 2. The van der Waals surface area contributed by atoms with E-state index in [1.54, 1.807) is 0 Å². The molecule has 0 bridgehead atoms. The Kier molecular flexibility index (Phi) is 22.5. The highest BCUT2D eigenvalue weighted by Crippen LogP contribution is 2.15. The highest BCUT2D eigenvalue weighted by molar-refractivity contribution is 5.75. The average Bonchev–Trinajstić information content (AvgIpc) is 2.85. The second-order valence-electron chi connectivity index (χ2n) is 8.90. The van der Waals surface area contributed by atoms with Gasteiger partial charge in [0.2, 0.25) is 5.91 Å². The first-order valence-corrected chi connectivity index (χ1v) is 13.9. The topological polar surface area (TPSA) is 104 Å². The number of nitrogens with one attached hydrogen (secondary N) is 2. The Morgan fingerprint density at radius 1 is 0.722 bits per heavy atom. The van der Waals surface area contributed by atoms with Crippen LogP contribution in [-0.2, 0) is 28.5 Å². The minimum atomic E-state index is -0.373. The summed E-state index contributed by atoms with van der Waals surface area (Å²) in [6.45, 7) is 6.98. The first-order chi connectivity index (χ1) is 17.7. The second kappa shape index (κ2) is 25.0. The largest absolute Gasteiger partial charge is 0.446 e. The number of ether oxygens (including phenoxy) is 5. The number of allylic oxidation sites excluding steroid dienone is 2. The summed E-state index contributed by atoms with van der Waals surface area (Å²) in [5.41, 5.74) is 0. The van der Waals surface area contributed by atoms with E-state index in [4.69, 9.17) is 23.7 Å². The normalized spacial score (nSPS) is 16.6. The van der Waals surface area contributed by atoms with Crippen molar-refractivity contribution in [2.45, 2.75) is 83.7 Å². The smallest absolute Gasteiger partial charge is 0.407 e. The number of alkyl carbamates (subject to hydrolysis) is 1. The van der Waals surface area contributed by atoms with Crippen molar-refractivity contribution in [1.82, 2.24) is 10.6 Å². The van der Waals surface area contributed by atoms with Gasteiger partial charge in [-0.15, -0.1) is 0 Å². The van der Waals surface area contributed by atoms with Gasteiger partial charge in [-0.2, -0.15) is 0 Å². The molecule has 1 aliphatic rings. The van der Waals surface area contributed by atoms with Crippen molar-refractivity contribution in [3.05, 3.63) is 12.2 Å². The Balaban J connectivity index is 1.76. The predicted molar refractivity (Wildman–Crippen MR) is 140 cm³/mol. The van der Waals surface area contributed by atoms with Gasteiger partial charge in [-0.3, -0.25) is 4.79 Å². The number of unbranched alkanes of at least 4 members (excludes halogenated alkanes) is 4. The van der Waals surface area contributed by atoms with Crippen molar-refractivity contribution in [3.63, 3.8) is 0 Å². The molecule has 1 unspecified atom stereocenters. The number of carbonyl (C=O) groups is 2. The molecule has 36 heavy (non-hydrogen) atoms. The summed E-state index contributed by atoms with van der Waals surface area (Å²) in [6, 6.07) is 0. The number of hydrogen-bond donors (Lipinski definition) is 2. The Bertz CT molecular complexity index is 560. The van der Waals surface area contributed by atoms with Gasteiger partial charge >= 0.3 is 6.09 Å². The molecule has 9 heteroatoms. The summed E-state index contributed by atoms with van der Waals surface area (Å²) < 4.78 is 27.2. The van der Waals surface area contributed by atoms with Crippen molar-refractivity contribution in [3.8, 4) is 0 Å². The minimum Gasteiger partial charge on any atom is -0.446 e. The van der Waals surface area contributed by atoms with Crippen LogP contribution in [0.1, 0.15) is 77.6 Å². The van der Waals surface area contributed by atoms with Crippen molar-refractivity contribution in [1.29, 1.82) is 0 Å². The summed E-state index contributed by atoms with van der Waals surface area (Å²) in [6.07, 6.45) is 15.2. The Morgan fingerprint density at radius 2 is 1.36 bits per heavy atom. The fourth-order valence-electron chi connectivity index (χ4n) is 3.63. The van der Waals surface area contributed by atoms with E-state index < -0.39 is 0 Å². The Morgan fingerprint density at radius 3 is 2.08 bits per heavy atom. The molecular weight excluding hydrogens is 464 g/mol. The Labute approximate surface area is 218 Å². The van der Waals surface area contributed by atoms with Crippen molar-refractivity contribution in [2.75, 3.05) is 65.9 Å². The molecule has 210 valence electrons. The fourth-order valence-corrected chi connectivity index (χ4v) is 3.63. The van der Waals surface area contributed by atoms with Crippen LogP contribution < -0.4 is 10.6 Å². The lowest BCUT2D eigenvalue weighted by molar-refractivity contribution is -0.122. The van der Waals surface area contributed by atoms with Gasteiger partial charge in [0.05, 0.1) is 52.9 Å². The van der Waals surface area contributed by atoms with E-state index in [1.807, 2.05) is 0 Å². The molecule has 1 rings (SSSR count). The van der Waals surface area contributed by atoms with Crippen LogP contribution in [-0.4, -0.2) is 84.0 Å². The average molecular weight is 515 g/mol. The molecule has 0 saturated heterocycles. The molecule has 2 N–H and O–H groups in total. The summed E-state index contributed by atoms with van der Waals surface area (Å²) in [5.74, 6) is 0.0424. The van der Waals surface area contributed by atoms with Crippen molar-refractivity contribution in [2.24, 2.45) is 0 Å². The van der Waals surface area contributed by atoms with Gasteiger partial charge in [-0.25, -0.2) is 4.79 Å². The highest BCUT2D eigenvalue weighted by Gasteiger charge is 2.14. The third-order valence-electron chi connectivity index (χ3n) is 5.70. The summed E-state index contributed by atoms with van der Waals surface area (Å²) in [5, 5.41) is 5.66. The maximum Gasteiger partial charge on any atom is 0.407 e. The van der Waals surface area contributed by atoms with Gasteiger partial charge in [0, 0.05) is 19.5 Å². The third-order valence-corrected chi connectivity index (χ3v) is 5.70. The van der Waals surface area contributed by atoms with Crippen molar-refractivity contribution >= 4 is 12.0 Å². The molecule has 0 heterocycles. The molecule has 0 aromatic heterocycles. The number of amides is 2. The van der Waals surface area contributed by atoms with E-state index in [0.717, 1.165) is 45.1 Å². The maximum atomic E-state index is 11.9. The molecule has 2 amide bonds. The zero-order valence-corrected chi connectivity index (χ0v) is 22.4. The van der Waals surface area contributed by atoms with E-state index in [-0.39, 0.29) is 18.1 Å².